The third-order valence-electron chi connectivity index (χ3n) is 3.16. The van der Waals surface area contributed by atoms with E-state index in [1.807, 2.05) is 6.07 Å². The van der Waals surface area contributed by atoms with E-state index in [1.54, 1.807) is 12.1 Å². The molecule has 1 saturated heterocycles. The average molecular weight is 340 g/mol. The molecular formula is C13H10ClN3O4S. The summed E-state index contributed by atoms with van der Waals surface area (Å²) in [7, 11) is 0. The normalized spacial score (nSPS) is 15.1. The molecule has 0 saturated carbocycles. The molecule has 9 heteroatoms. The number of rotatable bonds is 4. The smallest absolute Gasteiger partial charge is 0.328 e. The minimum atomic E-state index is -1.16. The Morgan fingerprint density at radius 3 is 2.86 bits per heavy atom. The van der Waals surface area contributed by atoms with Gasteiger partial charge in [0.2, 0.25) is 0 Å². The molecular weight excluding hydrogens is 330 g/mol. The van der Waals surface area contributed by atoms with Gasteiger partial charge >= 0.3 is 12.0 Å². The van der Waals surface area contributed by atoms with Crippen LogP contribution >= 0.6 is 22.9 Å². The lowest BCUT2D eigenvalue weighted by Crippen LogP contribution is -2.35. The Bertz CT molecular complexity index is 791. The van der Waals surface area contributed by atoms with Gasteiger partial charge in [-0.1, -0.05) is 17.7 Å². The summed E-state index contributed by atoms with van der Waals surface area (Å²) in [6.07, 6.45) is 0. The number of nitrogens with zero attached hydrogens (tertiary/aromatic N) is 3. The highest BCUT2D eigenvalue weighted by Crippen LogP contribution is 2.29. The van der Waals surface area contributed by atoms with Crippen LogP contribution in [0.25, 0.3) is 10.2 Å². The Labute approximate surface area is 133 Å². The first-order chi connectivity index (χ1) is 10.5. The fourth-order valence-corrected chi connectivity index (χ4v) is 3.46. The Morgan fingerprint density at radius 1 is 1.41 bits per heavy atom. The van der Waals surface area contributed by atoms with E-state index in [0.717, 1.165) is 14.5 Å². The molecule has 1 aliphatic heterocycles. The first-order valence-corrected chi connectivity index (χ1v) is 7.50. The van der Waals surface area contributed by atoms with Gasteiger partial charge in [-0.15, -0.1) is 11.3 Å². The van der Waals surface area contributed by atoms with Crippen molar-refractivity contribution < 1.29 is 19.5 Å². The summed E-state index contributed by atoms with van der Waals surface area (Å²) in [5, 5.41) is 9.81. The lowest BCUT2D eigenvalue weighted by molar-refractivity contribution is -0.137. The fourth-order valence-electron chi connectivity index (χ4n) is 2.20. The SMILES string of the molecule is O=C(O)CN1CC(=O)N(Cc2nc3c(Cl)cccc3s2)C1=O. The maximum absolute atomic E-state index is 12.1. The number of thiazole rings is 1. The van der Waals surface area contributed by atoms with Gasteiger partial charge < -0.3 is 10.0 Å². The van der Waals surface area contributed by atoms with E-state index >= 15 is 0 Å². The predicted octanol–water partition coefficient (Wildman–Crippen LogP) is 1.80. The van der Waals surface area contributed by atoms with Gasteiger partial charge in [-0.2, -0.15) is 0 Å². The number of hydrogen-bond donors (Lipinski definition) is 1. The first-order valence-electron chi connectivity index (χ1n) is 6.30. The summed E-state index contributed by atoms with van der Waals surface area (Å²) in [6, 6.07) is 4.76. The van der Waals surface area contributed by atoms with E-state index in [4.69, 9.17) is 16.7 Å². The van der Waals surface area contributed by atoms with E-state index in [9.17, 15) is 14.4 Å². The zero-order valence-corrected chi connectivity index (χ0v) is 12.7. The monoisotopic (exact) mass is 339 g/mol. The van der Waals surface area contributed by atoms with Gasteiger partial charge in [0.25, 0.3) is 5.91 Å². The lowest BCUT2D eigenvalue weighted by Gasteiger charge is -2.14. The highest BCUT2D eigenvalue weighted by atomic mass is 35.5. The van der Waals surface area contributed by atoms with Crippen LogP contribution in [0, 0.1) is 0 Å². The molecule has 22 heavy (non-hydrogen) atoms. The van der Waals surface area contributed by atoms with E-state index in [2.05, 4.69) is 4.98 Å². The molecule has 0 atom stereocenters. The van der Waals surface area contributed by atoms with Crippen LogP contribution in [0.2, 0.25) is 5.02 Å². The molecule has 1 aromatic carbocycles. The second-order valence-corrected chi connectivity index (χ2v) is 6.23. The van der Waals surface area contributed by atoms with Gasteiger partial charge in [0.05, 0.1) is 16.3 Å². The topological polar surface area (TPSA) is 90.8 Å². The molecule has 0 unspecified atom stereocenters. The van der Waals surface area contributed by atoms with Gasteiger partial charge in [-0.25, -0.2) is 9.78 Å². The standard InChI is InChI=1S/C13H10ClN3O4S/c14-7-2-1-3-8-12(7)15-9(22-8)4-17-10(18)5-16(13(17)21)6-11(19)20/h1-3H,4-6H2,(H,19,20). The summed E-state index contributed by atoms with van der Waals surface area (Å²) in [6.45, 7) is -0.701. The van der Waals surface area contributed by atoms with Crippen LogP contribution in [0.4, 0.5) is 4.79 Å². The van der Waals surface area contributed by atoms with Gasteiger partial charge in [0.1, 0.15) is 23.6 Å². The fraction of sp³-hybridized carbons (Fsp3) is 0.231. The third-order valence-corrected chi connectivity index (χ3v) is 4.47. The summed E-state index contributed by atoms with van der Waals surface area (Å²) < 4.78 is 0.865. The maximum atomic E-state index is 12.1. The molecule has 1 aromatic heterocycles. The van der Waals surface area contributed by atoms with Crippen molar-refractivity contribution in [1.82, 2.24) is 14.8 Å². The average Bonchev–Trinajstić information content (AvgIpc) is 2.96. The van der Waals surface area contributed by atoms with Crippen LogP contribution in [0.3, 0.4) is 0 Å². The summed E-state index contributed by atoms with van der Waals surface area (Å²) in [4.78, 5) is 41.0. The zero-order chi connectivity index (χ0) is 15.9. The van der Waals surface area contributed by atoms with Gasteiger partial charge in [-0.3, -0.25) is 14.5 Å². The number of carbonyl (C=O) groups excluding carboxylic acids is 2. The van der Waals surface area contributed by atoms with Crippen molar-refractivity contribution in [2.24, 2.45) is 0 Å². The van der Waals surface area contributed by atoms with Crippen molar-refractivity contribution in [2.45, 2.75) is 6.54 Å². The maximum Gasteiger partial charge on any atom is 0.328 e. The number of aromatic nitrogens is 1. The highest BCUT2D eigenvalue weighted by molar-refractivity contribution is 7.18. The summed E-state index contributed by atoms with van der Waals surface area (Å²) in [5.41, 5.74) is 0.630. The first kappa shape index (κ1) is 14.7. The molecule has 0 aliphatic carbocycles. The number of carboxylic acids is 1. The van der Waals surface area contributed by atoms with Crippen molar-refractivity contribution in [2.75, 3.05) is 13.1 Å². The molecule has 114 valence electrons. The van der Waals surface area contributed by atoms with Crippen LogP contribution in [-0.2, 0) is 16.1 Å². The molecule has 1 aliphatic rings. The largest absolute Gasteiger partial charge is 0.480 e. The summed E-state index contributed by atoms with van der Waals surface area (Å²) >= 11 is 7.39. The predicted molar refractivity (Wildman–Crippen MR) is 79.8 cm³/mol. The second-order valence-electron chi connectivity index (χ2n) is 4.71. The van der Waals surface area contributed by atoms with E-state index in [1.165, 1.54) is 11.3 Å². The number of imide groups is 1. The third kappa shape index (κ3) is 2.62. The molecule has 0 bridgehead atoms. The second kappa shape index (κ2) is 5.54. The molecule has 3 rings (SSSR count). The summed E-state index contributed by atoms with van der Waals surface area (Å²) in [5.74, 6) is -1.59. The molecule has 1 N–H and O–H groups in total. The van der Waals surface area contributed by atoms with Crippen LogP contribution in [0.15, 0.2) is 18.2 Å². The Kier molecular flexibility index (Phi) is 3.71. The molecule has 0 radical (unpaired) electrons. The molecule has 2 aromatic rings. The van der Waals surface area contributed by atoms with E-state index in [0.29, 0.717) is 15.5 Å². The van der Waals surface area contributed by atoms with Crippen molar-refractivity contribution >= 4 is 51.1 Å². The lowest BCUT2D eigenvalue weighted by atomic mass is 10.3. The number of benzene rings is 1. The van der Waals surface area contributed by atoms with E-state index in [-0.39, 0.29) is 13.1 Å². The number of carboxylic acid groups (broad SMARTS) is 1. The Morgan fingerprint density at radius 2 is 2.18 bits per heavy atom. The zero-order valence-electron chi connectivity index (χ0n) is 11.2. The minimum Gasteiger partial charge on any atom is -0.480 e. The van der Waals surface area contributed by atoms with Crippen molar-refractivity contribution in [3.8, 4) is 0 Å². The molecule has 2 heterocycles. The van der Waals surface area contributed by atoms with Gasteiger partial charge in [-0.05, 0) is 12.1 Å². The number of fused-ring (bicyclic) bond motifs is 1. The van der Waals surface area contributed by atoms with Gasteiger partial charge in [0, 0.05) is 0 Å². The molecule has 0 spiro atoms. The Hall–Kier alpha value is -2.19. The Balaban J connectivity index is 1.82. The number of hydrogen-bond acceptors (Lipinski definition) is 5. The number of amides is 3. The van der Waals surface area contributed by atoms with Crippen LogP contribution in [0.5, 0.6) is 0 Å². The number of carbonyl (C=O) groups is 3. The van der Waals surface area contributed by atoms with Crippen molar-refractivity contribution in [3.63, 3.8) is 0 Å². The van der Waals surface area contributed by atoms with Crippen molar-refractivity contribution in [3.05, 3.63) is 28.2 Å². The molecule has 7 nitrogen and oxygen atoms in total. The van der Waals surface area contributed by atoms with Gasteiger partial charge in [0.15, 0.2) is 0 Å². The number of halogens is 1. The number of aliphatic carboxylic acids is 1. The van der Waals surface area contributed by atoms with E-state index < -0.39 is 24.5 Å². The molecule has 1 fully saturated rings. The quantitative estimate of drug-likeness (QED) is 0.858. The molecule has 3 amide bonds. The van der Waals surface area contributed by atoms with Crippen LogP contribution < -0.4 is 0 Å². The van der Waals surface area contributed by atoms with Crippen LogP contribution in [0.1, 0.15) is 5.01 Å². The minimum absolute atomic E-state index is 0.0173. The van der Waals surface area contributed by atoms with Crippen LogP contribution in [-0.4, -0.2) is 50.9 Å². The highest BCUT2D eigenvalue weighted by Gasteiger charge is 2.37. The number of urea groups is 1. The van der Waals surface area contributed by atoms with Crippen molar-refractivity contribution in [1.29, 1.82) is 0 Å². The number of para-hydroxylation sites is 1.